The van der Waals surface area contributed by atoms with Crippen molar-refractivity contribution >= 4 is 21.5 Å². The molecular formula is C27H11F9O. The van der Waals surface area contributed by atoms with E-state index in [2.05, 4.69) is 4.74 Å². The Balaban J connectivity index is 2.09. The van der Waals surface area contributed by atoms with Crippen LogP contribution < -0.4 is 4.74 Å². The predicted molar refractivity (Wildman–Crippen MR) is 119 cm³/mol. The Morgan fingerprint density at radius 2 is 0.946 bits per heavy atom. The molecule has 0 amide bonds. The molecule has 0 aliphatic heterocycles. The standard InChI is InChI=1S/C27H11F9O/c1-37-27-25(35)23(33)21(24(34)26(27)36)18-12-5-3-2-4-11(12)17(10-8-15(30)22(32)16(31)9-10)19-13(28)6-7-14(29)20(18)19/h2-9H,1H3. The molecule has 5 aromatic rings. The summed E-state index contributed by atoms with van der Waals surface area (Å²) in [6.45, 7) is 0. The molecule has 0 aliphatic carbocycles. The molecule has 5 aromatic carbocycles. The van der Waals surface area contributed by atoms with Crippen LogP contribution in [0.4, 0.5) is 39.5 Å². The fourth-order valence-corrected chi connectivity index (χ4v) is 4.50. The van der Waals surface area contributed by atoms with Crippen LogP contribution in [0.2, 0.25) is 0 Å². The summed E-state index contributed by atoms with van der Waals surface area (Å²) in [6.07, 6.45) is 0. The van der Waals surface area contributed by atoms with E-state index in [0.29, 0.717) is 24.3 Å². The first kappa shape index (κ1) is 24.5. The van der Waals surface area contributed by atoms with E-state index < -0.39 is 85.6 Å². The maximum absolute atomic E-state index is 15.3. The molecule has 5 rings (SSSR count). The van der Waals surface area contributed by atoms with Crippen molar-refractivity contribution in [1.29, 1.82) is 0 Å². The number of halogens is 9. The number of benzene rings is 5. The van der Waals surface area contributed by atoms with Crippen LogP contribution in [0, 0.1) is 52.4 Å². The van der Waals surface area contributed by atoms with Crippen LogP contribution in [0.3, 0.4) is 0 Å². The maximum Gasteiger partial charge on any atom is 0.204 e. The van der Waals surface area contributed by atoms with Gasteiger partial charge in [0, 0.05) is 21.9 Å². The fourth-order valence-electron chi connectivity index (χ4n) is 4.50. The third kappa shape index (κ3) is 3.50. The van der Waals surface area contributed by atoms with Crippen LogP contribution in [0.1, 0.15) is 0 Å². The van der Waals surface area contributed by atoms with Crippen LogP contribution in [-0.2, 0) is 0 Å². The molecule has 0 saturated carbocycles. The zero-order valence-corrected chi connectivity index (χ0v) is 18.4. The maximum atomic E-state index is 15.3. The smallest absolute Gasteiger partial charge is 0.204 e. The molecule has 0 bridgehead atoms. The highest BCUT2D eigenvalue weighted by Crippen LogP contribution is 2.48. The molecule has 0 unspecified atom stereocenters. The second-order valence-electron chi connectivity index (χ2n) is 7.99. The Kier molecular flexibility index (Phi) is 5.77. The van der Waals surface area contributed by atoms with Crippen LogP contribution in [0.15, 0.2) is 48.5 Å². The van der Waals surface area contributed by atoms with Crippen molar-refractivity contribution in [3.8, 4) is 28.0 Å². The lowest BCUT2D eigenvalue weighted by Crippen LogP contribution is -2.05. The van der Waals surface area contributed by atoms with Crippen molar-refractivity contribution in [3.05, 3.63) is 101 Å². The average Bonchev–Trinajstić information content (AvgIpc) is 2.88. The molecule has 0 aliphatic rings. The lowest BCUT2D eigenvalue weighted by molar-refractivity contribution is 0.334. The molecule has 0 spiro atoms. The van der Waals surface area contributed by atoms with Gasteiger partial charge in [-0.1, -0.05) is 24.3 Å². The highest BCUT2D eigenvalue weighted by atomic mass is 19.2. The second-order valence-corrected chi connectivity index (χ2v) is 7.99. The van der Waals surface area contributed by atoms with Gasteiger partial charge in [0.05, 0.1) is 12.7 Å². The van der Waals surface area contributed by atoms with E-state index in [1.807, 2.05) is 0 Å². The third-order valence-electron chi connectivity index (χ3n) is 6.02. The van der Waals surface area contributed by atoms with Gasteiger partial charge in [-0.15, -0.1) is 0 Å². The Morgan fingerprint density at radius 3 is 1.43 bits per heavy atom. The molecule has 0 N–H and O–H groups in total. The molecular weight excluding hydrogens is 511 g/mol. The molecule has 10 heteroatoms. The largest absolute Gasteiger partial charge is 0.491 e. The van der Waals surface area contributed by atoms with E-state index in [0.717, 1.165) is 7.11 Å². The minimum Gasteiger partial charge on any atom is -0.491 e. The SMILES string of the molecule is COc1c(F)c(F)c(-c2c3ccccc3c(-c3cc(F)c(F)c(F)c3)c3c(F)ccc(F)c23)c(F)c1F. The van der Waals surface area contributed by atoms with Crippen molar-refractivity contribution in [1.82, 2.24) is 0 Å². The summed E-state index contributed by atoms with van der Waals surface area (Å²) in [4.78, 5) is 0. The van der Waals surface area contributed by atoms with Crippen LogP contribution >= 0.6 is 0 Å². The molecule has 0 radical (unpaired) electrons. The highest BCUT2D eigenvalue weighted by molar-refractivity contribution is 6.21. The van der Waals surface area contributed by atoms with Gasteiger partial charge in [-0.25, -0.2) is 30.7 Å². The van der Waals surface area contributed by atoms with Gasteiger partial charge in [0.2, 0.25) is 11.6 Å². The molecule has 188 valence electrons. The van der Waals surface area contributed by atoms with Crippen molar-refractivity contribution in [2.24, 2.45) is 0 Å². The van der Waals surface area contributed by atoms with Crippen LogP contribution in [0.25, 0.3) is 43.8 Å². The average molecular weight is 522 g/mol. The molecule has 0 aromatic heterocycles. The monoisotopic (exact) mass is 522 g/mol. The Hall–Kier alpha value is -4.21. The molecule has 0 atom stereocenters. The van der Waals surface area contributed by atoms with Crippen molar-refractivity contribution in [2.75, 3.05) is 7.11 Å². The highest BCUT2D eigenvalue weighted by Gasteiger charge is 2.31. The quantitative estimate of drug-likeness (QED) is 0.0998. The van der Waals surface area contributed by atoms with Gasteiger partial charge in [0.25, 0.3) is 0 Å². The van der Waals surface area contributed by atoms with Gasteiger partial charge in [-0.3, -0.25) is 0 Å². The molecule has 0 fully saturated rings. The molecule has 0 saturated heterocycles. The van der Waals surface area contributed by atoms with E-state index in [4.69, 9.17) is 0 Å². The summed E-state index contributed by atoms with van der Waals surface area (Å²) in [5.41, 5.74) is -2.89. The van der Waals surface area contributed by atoms with E-state index in [9.17, 15) is 22.0 Å². The summed E-state index contributed by atoms with van der Waals surface area (Å²) in [7, 11) is 0.773. The van der Waals surface area contributed by atoms with Crippen molar-refractivity contribution in [2.45, 2.75) is 0 Å². The topological polar surface area (TPSA) is 9.23 Å². The summed E-state index contributed by atoms with van der Waals surface area (Å²) < 4.78 is 137. The van der Waals surface area contributed by atoms with Gasteiger partial charge < -0.3 is 4.74 Å². The van der Waals surface area contributed by atoms with Gasteiger partial charge in [-0.2, -0.15) is 8.78 Å². The molecule has 37 heavy (non-hydrogen) atoms. The normalized spacial score (nSPS) is 11.5. The van der Waals surface area contributed by atoms with Gasteiger partial charge in [0.15, 0.2) is 34.8 Å². The third-order valence-corrected chi connectivity index (χ3v) is 6.02. The summed E-state index contributed by atoms with van der Waals surface area (Å²) in [6, 6.07) is 7.48. The van der Waals surface area contributed by atoms with Crippen LogP contribution in [0.5, 0.6) is 5.75 Å². The number of ether oxygens (including phenoxy) is 1. The Morgan fingerprint density at radius 1 is 0.486 bits per heavy atom. The first-order chi connectivity index (χ1) is 17.6. The zero-order valence-electron chi connectivity index (χ0n) is 18.4. The number of hydrogen-bond donors (Lipinski definition) is 0. The van der Waals surface area contributed by atoms with Crippen molar-refractivity contribution < 1.29 is 44.3 Å². The molecule has 0 heterocycles. The summed E-state index contributed by atoms with van der Waals surface area (Å²) in [5, 5.41) is -1.92. The lowest BCUT2D eigenvalue weighted by atomic mass is 9.85. The Bertz CT molecular complexity index is 1710. The van der Waals surface area contributed by atoms with E-state index >= 15 is 17.6 Å². The lowest BCUT2D eigenvalue weighted by Gasteiger charge is -2.20. The minimum atomic E-state index is -1.95. The van der Waals surface area contributed by atoms with Gasteiger partial charge in [0.1, 0.15) is 11.6 Å². The summed E-state index contributed by atoms with van der Waals surface area (Å²) >= 11 is 0. The zero-order chi connectivity index (χ0) is 26.8. The number of hydrogen-bond acceptors (Lipinski definition) is 1. The number of methoxy groups -OCH3 is 1. The van der Waals surface area contributed by atoms with Gasteiger partial charge in [-0.05, 0) is 40.6 Å². The first-order valence-corrected chi connectivity index (χ1v) is 10.5. The summed E-state index contributed by atoms with van der Waals surface area (Å²) in [5.74, 6) is -16.6. The number of fused-ring (bicyclic) bond motifs is 2. The second kappa shape index (κ2) is 8.72. The van der Waals surface area contributed by atoms with Gasteiger partial charge >= 0.3 is 0 Å². The van der Waals surface area contributed by atoms with Crippen molar-refractivity contribution in [3.63, 3.8) is 0 Å². The van der Waals surface area contributed by atoms with Crippen LogP contribution in [-0.4, -0.2) is 7.11 Å². The minimum absolute atomic E-state index is 0.129. The molecule has 1 nitrogen and oxygen atoms in total. The van der Waals surface area contributed by atoms with E-state index in [1.165, 1.54) is 24.3 Å². The van der Waals surface area contributed by atoms with E-state index in [1.54, 1.807) is 0 Å². The first-order valence-electron chi connectivity index (χ1n) is 10.5. The fraction of sp³-hybridized carbons (Fsp3) is 0.0370. The number of rotatable bonds is 3. The Labute approximate surface area is 202 Å². The van der Waals surface area contributed by atoms with E-state index in [-0.39, 0.29) is 16.3 Å². The predicted octanol–water partition coefficient (Wildman–Crippen LogP) is 8.59.